The highest BCUT2D eigenvalue weighted by atomic mass is 31.2. The molecule has 2 N–H and O–H groups in total. The van der Waals surface area contributed by atoms with E-state index in [4.69, 9.17) is 4.74 Å². The first-order valence-electron chi connectivity index (χ1n) is 8.54. The molecular formula is C17H33O5P2+. The Morgan fingerprint density at radius 2 is 1.83 bits per heavy atom. The third kappa shape index (κ3) is 12.1. The third-order valence-electron chi connectivity index (χ3n) is 3.64. The molecule has 0 aromatic heterocycles. The Hall–Kier alpha value is -0.310. The Balaban J connectivity index is 4.22. The van der Waals surface area contributed by atoms with E-state index in [1.54, 1.807) is 6.92 Å². The van der Waals surface area contributed by atoms with Crippen molar-refractivity contribution in [1.82, 2.24) is 0 Å². The quantitative estimate of drug-likeness (QED) is 0.248. The lowest BCUT2D eigenvalue weighted by Gasteiger charge is -2.09. The molecule has 0 saturated carbocycles. The third-order valence-corrected chi connectivity index (χ3v) is 7.71. The fourth-order valence-electron chi connectivity index (χ4n) is 2.26. The van der Waals surface area contributed by atoms with Gasteiger partial charge in [-0.2, -0.15) is 0 Å². The van der Waals surface area contributed by atoms with E-state index in [1.165, 1.54) is 11.1 Å². The SMILES string of the molecule is CCOC[P+](=O)C(CCCC/C=C(\C)CCC=C(C)C)P(=O)(O)O. The smallest absolute Gasteiger partial charge is 0.338 e. The highest BCUT2D eigenvalue weighted by Crippen LogP contribution is 2.55. The van der Waals surface area contributed by atoms with Gasteiger partial charge in [-0.05, 0) is 59.8 Å². The van der Waals surface area contributed by atoms with Crippen LogP contribution < -0.4 is 0 Å². The monoisotopic (exact) mass is 379 g/mol. The summed E-state index contributed by atoms with van der Waals surface area (Å²) in [5.74, 6) is 0. The highest BCUT2D eigenvalue weighted by molar-refractivity contribution is 7.67. The summed E-state index contributed by atoms with van der Waals surface area (Å²) in [6, 6.07) is 0. The molecule has 0 amide bonds. The van der Waals surface area contributed by atoms with Gasteiger partial charge in [0.1, 0.15) is 0 Å². The molecule has 0 spiro atoms. The van der Waals surface area contributed by atoms with Gasteiger partial charge < -0.3 is 14.5 Å². The van der Waals surface area contributed by atoms with E-state index in [9.17, 15) is 18.9 Å². The Morgan fingerprint density at radius 3 is 2.38 bits per heavy atom. The predicted octanol–water partition coefficient (Wildman–Crippen LogP) is 5.56. The van der Waals surface area contributed by atoms with Crippen LogP contribution in [0, 0.1) is 0 Å². The fraction of sp³-hybridized carbons (Fsp3) is 0.765. The van der Waals surface area contributed by atoms with Crippen LogP contribution in [0.2, 0.25) is 0 Å². The maximum absolute atomic E-state index is 12.0. The van der Waals surface area contributed by atoms with E-state index in [2.05, 4.69) is 32.9 Å². The first-order valence-corrected chi connectivity index (χ1v) is 11.7. The van der Waals surface area contributed by atoms with E-state index in [-0.39, 0.29) is 12.8 Å². The Labute approximate surface area is 147 Å². The number of hydrogen-bond donors (Lipinski definition) is 2. The van der Waals surface area contributed by atoms with E-state index in [1.807, 2.05) is 0 Å². The zero-order chi connectivity index (χ0) is 18.6. The molecule has 5 nitrogen and oxygen atoms in total. The summed E-state index contributed by atoms with van der Waals surface area (Å²) in [6.45, 7) is 8.45. The average molecular weight is 379 g/mol. The van der Waals surface area contributed by atoms with Crippen molar-refractivity contribution >= 4 is 15.4 Å². The molecule has 24 heavy (non-hydrogen) atoms. The highest BCUT2D eigenvalue weighted by Gasteiger charge is 2.44. The number of rotatable bonds is 13. The average Bonchev–Trinajstić information content (AvgIpc) is 2.46. The maximum Gasteiger partial charge on any atom is 0.382 e. The molecule has 0 aliphatic rings. The normalized spacial score (nSPS) is 14.4. The minimum atomic E-state index is -4.35. The topological polar surface area (TPSA) is 83.8 Å². The van der Waals surface area contributed by atoms with Gasteiger partial charge in [0.2, 0.25) is 6.35 Å². The van der Waals surface area contributed by atoms with E-state index >= 15 is 0 Å². The zero-order valence-corrected chi connectivity index (χ0v) is 17.2. The molecule has 0 fully saturated rings. The largest absolute Gasteiger partial charge is 0.382 e. The molecule has 0 saturated heterocycles. The molecule has 140 valence electrons. The standard InChI is InChI=1S/C17H32O5P2/c1-5-22-14-23(18)17(24(19,20)21)13-8-6-7-11-16(4)12-9-10-15(2)3/h10-11,17H,5-9,12-14H2,1-4H3,(H-,19,20,21)/p+1/b16-11+. The first kappa shape index (κ1) is 23.7. The van der Waals surface area contributed by atoms with Gasteiger partial charge in [-0.3, -0.25) is 4.57 Å². The molecule has 2 unspecified atom stereocenters. The molecule has 0 rings (SSSR count). The second-order valence-electron chi connectivity index (χ2n) is 6.26. The molecule has 0 aliphatic carbocycles. The molecule has 0 bridgehead atoms. The Bertz CT molecular complexity index is 475. The maximum atomic E-state index is 12.0. The summed E-state index contributed by atoms with van der Waals surface area (Å²) in [4.78, 5) is 18.8. The van der Waals surface area contributed by atoms with E-state index < -0.39 is 20.8 Å². The van der Waals surface area contributed by atoms with Crippen molar-refractivity contribution in [3.8, 4) is 0 Å². The van der Waals surface area contributed by atoms with Crippen LogP contribution in [0.25, 0.3) is 0 Å². The first-order chi connectivity index (χ1) is 11.2. The molecule has 0 aliphatic heterocycles. The molecular weight excluding hydrogens is 346 g/mol. The van der Waals surface area contributed by atoms with E-state index in [0.717, 1.165) is 25.7 Å². The van der Waals surface area contributed by atoms with Crippen molar-refractivity contribution in [3.63, 3.8) is 0 Å². The summed E-state index contributed by atoms with van der Waals surface area (Å²) >= 11 is 0. The molecule has 0 heterocycles. The summed E-state index contributed by atoms with van der Waals surface area (Å²) in [5, 5.41) is -1.08. The molecule has 0 aromatic rings. The van der Waals surface area contributed by atoms with Gasteiger partial charge in [-0.15, -0.1) is 0 Å². The molecule has 7 heteroatoms. The minimum Gasteiger partial charge on any atom is -0.338 e. The van der Waals surface area contributed by atoms with Crippen LogP contribution in [0.3, 0.4) is 0 Å². The van der Waals surface area contributed by atoms with Gasteiger partial charge in [-0.1, -0.05) is 27.9 Å². The summed E-state index contributed by atoms with van der Waals surface area (Å²) in [7, 11) is -6.39. The molecule has 0 aromatic carbocycles. The Morgan fingerprint density at radius 1 is 1.17 bits per heavy atom. The van der Waals surface area contributed by atoms with Crippen molar-refractivity contribution in [2.24, 2.45) is 0 Å². The van der Waals surface area contributed by atoms with Crippen molar-refractivity contribution < 1.29 is 23.7 Å². The van der Waals surface area contributed by atoms with Gasteiger partial charge >= 0.3 is 15.4 Å². The van der Waals surface area contributed by atoms with Crippen LogP contribution in [0.1, 0.15) is 66.2 Å². The van der Waals surface area contributed by atoms with Gasteiger partial charge in [-0.25, -0.2) is 0 Å². The molecule has 2 atom stereocenters. The lowest BCUT2D eigenvalue weighted by atomic mass is 10.1. The predicted molar refractivity (Wildman–Crippen MR) is 101 cm³/mol. The zero-order valence-electron chi connectivity index (χ0n) is 15.4. The van der Waals surface area contributed by atoms with Crippen LogP contribution in [0.15, 0.2) is 23.3 Å². The van der Waals surface area contributed by atoms with Gasteiger partial charge in [0.15, 0.2) is 0 Å². The summed E-state index contributed by atoms with van der Waals surface area (Å²) in [5.41, 5.74) is 2.66. The Kier molecular flexibility index (Phi) is 12.8. The van der Waals surface area contributed by atoms with Gasteiger partial charge in [0, 0.05) is 13.0 Å². The summed E-state index contributed by atoms with van der Waals surface area (Å²) < 4.78 is 28.6. The van der Waals surface area contributed by atoms with E-state index in [0.29, 0.717) is 13.0 Å². The summed E-state index contributed by atoms with van der Waals surface area (Å²) in [6.07, 6.45) is 9.07. The lowest BCUT2D eigenvalue weighted by Crippen LogP contribution is -2.06. The minimum absolute atomic E-state index is 0.0784. The molecule has 0 radical (unpaired) electrons. The number of ether oxygens (including phenoxy) is 1. The van der Waals surface area contributed by atoms with Crippen molar-refractivity contribution in [3.05, 3.63) is 23.3 Å². The van der Waals surface area contributed by atoms with Crippen LogP contribution in [-0.4, -0.2) is 28.1 Å². The number of allylic oxidation sites excluding steroid dienone is 4. The van der Waals surface area contributed by atoms with Crippen molar-refractivity contribution in [2.45, 2.75) is 71.6 Å². The van der Waals surface area contributed by atoms with Crippen molar-refractivity contribution in [1.29, 1.82) is 0 Å². The second-order valence-corrected chi connectivity index (χ2v) is 10.2. The number of hydrogen-bond acceptors (Lipinski definition) is 3. The van der Waals surface area contributed by atoms with Gasteiger partial charge in [0.25, 0.3) is 5.40 Å². The number of unbranched alkanes of at least 4 members (excludes halogenated alkanes) is 2. The van der Waals surface area contributed by atoms with Crippen LogP contribution >= 0.6 is 15.4 Å². The van der Waals surface area contributed by atoms with Gasteiger partial charge in [0.05, 0.1) is 0 Å². The lowest BCUT2D eigenvalue weighted by molar-refractivity contribution is 0.193. The van der Waals surface area contributed by atoms with Crippen LogP contribution in [0.4, 0.5) is 0 Å². The fourth-order valence-corrected chi connectivity index (χ4v) is 5.32. The van der Waals surface area contributed by atoms with Crippen LogP contribution in [-0.2, 0) is 13.9 Å². The van der Waals surface area contributed by atoms with Crippen molar-refractivity contribution in [2.75, 3.05) is 13.0 Å². The second kappa shape index (κ2) is 13.0. The van der Waals surface area contributed by atoms with Crippen LogP contribution in [0.5, 0.6) is 0 Å².